The molecule has 8 rings (SSSR count). The molecule has 0 saturated carbocycles. The molecule has 5 atom stereocenters. The molecule has 3 aromatic heterocycles. The maximum Gasteiger partial charge on any atom is 0.324 e. The maximum atomic E-state index is 14.7. The quantitative estimate of drug-likeness (QED) is 0.138. The molecule has 390 valence electrons. The molecule has 0 radical (unpaired) electrons. The summed E-state index contributed by atoms with van der Waals surface area (Å²) >= 11 is 1.43. The summed E-state index contributed by atoms with van der Waals surface area (Å²) in [5, 5.41) is 8.25. The molecule has 6 heterocycles. The SMILES string of the molecule is CCn1c(-c2cccnc2[C@H](C)OC)c2c3cc(ccc31)-c1csc(n1)C[C@H](NC(=O)[C@H](C(C)C)N(C)C(=O)N1CCC[C@H]1c1ccccc1)C(=O)N1CCC[C@H](N1)C(=O)OCC(C)(C)C2.S.S.S.S.S. The summed E-state index contributed by atoms with van der Waals surface area (Å²) in [5.41, 5.74) is 10.5. The summed E-state index contributed by atoms with van der Waals surface area (Å²) in [6.45, 7) is 13.9. The molecule has 71 heavy (non-hydrogen) atoms. The molecule has 6 bridgehead atoms. The number of hydrazine groups is 1. The summed E-state index contributed by atoms with van der Waals surface area (Å²) < 4.78 is 14.3. The van der Waals surface area contributed by atoms with Gasteiger partial charge in [0.2, 0.25) is 5.91 Å². The van der Waals surface area contributed by atoms with Crippen LogP contribution in [0, 0.1) is 11.3 Å². The first-order chi connectivity index (χ1) is 31.7. The highest BCUT2D eigenvalue weighted by atomic mass is 32.1. The molecule has 4 amide bonds. The second-order valence-corrected chi connectivity index (χ2v) is 20.1. The lowest BCUT2D eigenvalue weighted by atomic mass is 9.84. The number of carbonyl (C=O) groups excluding carboxylic acids is 4. The maximum absolute atomic E-state index is 14.7. The largest absolute Gasteiger partial charge is 0.464 e. The zero-order valence-electron chi connectivity index (χ0n) is 42.0. The molecule has 0 spiro atoms. The first-order valence-electron chi connectivity index (χ1n) is 23.4. The number of methoxy groups -OCH3 is 1. The van der Waals surface area contributed by atoms with E-state index in [2.05, 4.69) is 60.3 Å². The summed E-state index contributed by atoms with van der Waals surface area (Å²) in [6.07, 6.45) is 4.98. The molecule has 3 aliphatic heterocycles. The van der Waals surface area contributed by atoms with Crippen LogP contribution in [0.2, 0.25) is 0 Å². The summed E-state index contributed by atoms with van der Waals surface area (Å²) in [5.74, 6) is -1.54. The molecule has 2 N–H and O–H groups in total. The Labute approximate surface area is 458 Å². The molecule has 3 aliphatic rings. The first-order valence-corrected chi connectivity index (χ1v) is 24.3. The molecular weight excluding hydrogens is 1010 g/mol. The van der Waals surface area contributed by atoms with Crippen molar-refractivity contribution in [3.63, 3.8) is 0 Å². The van der Waals surface area contributed by atoms with Crippen molar-refractivity contribution in [3.05, 3.63) is 94.1 Å². The van der Waals surface area contributed by atoms with Crippen LogP contribution in [0.5, 0.6) is 0 Å². The van der Waals surface area contributed by atoms with E-state index in [1.54, 1.807) is 20.4 Å². The minimum Gasteiger partial charge on any atom is -0.464 e. The number of cyclic esters (lactones) is 1. The number of hydrogen-bond donors (Lipinski definition) is 2. The van der Waals surface area contributed by atoms with Gasteiger partial charge in [-0.1, -0.05) is 64.1 Å². The highest BCUT2D eigenvalue weighted by Gasteiger charge is 2.40. The number of urea groups is 1. The summed E-state index contributed by atoms with van der Waals surface area (Å²) in [7, 11) is 3.36. The van der Waals surface area contributed by atoms with E-state index in [1.807, 2.05) is 67.4 Å². The van der Waals surface area contributed by atoms with Crippen LogP contribution >= 0.6 is 78.8 Å². The van der Waals surface area contributed by atoms with Crippen molar-refractivity contribution in [2.24, 2.45) is 11.3 Å². The number of hydrogen-bond acceptors (Lipinski definition) is 10. The Balaban J connectivity index is 0.00000266. The topological polar surface area (TPSA) is 151 Å². The van der Waals surface area contributed by atoms with E-state index >= 15 is 0 Å². The van der Waals surface area contributed by atoms with Crippen LogP contribution in [0.15, 0.2) is 72.2 Å². The zero-order chi connectivity index (χ0) is 46.9. The van der Waals surface area contributed by atoms with Crippen molar-refractivity contribution in [1.82, 2.24) is 40.1 Å². The van der Waals surface area contributed by atoms with Crippen molar-refractivity contribution >= 4 is 114 Å². The average Bonchev–Trinajstić information content (AvgIpc) is 4.08. The lowest BCUT2D eigenvalue weighted by molar-refractivity contribution is -0.155. The molecule has 20 heteroatoms. The van der Waals surface area contributed by atoms with Gasteiger partial charge in [0.25, 0.3) is 5.91 Å². The van der Waals surface area contributed by atoms with Gasteiger partial charge in [-0.25, -0.2) is 15.2 Å². The number of esters is 1. The second-order valence-electron chi connectivity index (χ2n) is 19.1. The minimum absolute atomic E-state index is 0. The van der Waals surface area contributed by atoms with Gasteiger partial charge in [0.1, 0.15) is 18.1 Å². The van der Waals surface area contributed by atoms with Crippen LogP contribution in [-0.2, 0) is 43.2 Å². The fourth-order valence-electron chi connectivity index (χ4n) is 10.1. The van der Waals surface area contributed by atoms with E-state index in [0.717, 1.165) is 63.1 Å². The molecule has 5 aromatic rings. The Hall–Kier alpha value is -3.89. The van der Waals surface area contributed by atoms with Gasteiger partial charge >= 0.3 is 12.0 Å². The van der Waals surface area contributed by atoms with Gasteiger partial charge in [0.15, 0.2) is 0 Å². The van der Waals surface area contributed by atoms with Gasteiger partial charge in [-0.05, 0) is 87.3 Å². The fourth-order valence-corrected chi connectivity index (χ4v) is 10.9. The molecule has 0 unspecified atom stereocenters. The van der Waals surface area contributed by atoms with E-state index in [4.69, 9.17) is 19.4 Å². The van der Waals surface area contributed by atoms with Crippen LogP contribution in [0.1, 0.15) is 101 Å². The number of thiazole rings is 1. The average molecular weight is 1090 g/mol. The molecule has 14 nitrogen and oxygen atoms in total. The fraction of sp³-hybridized carbons (Fsp3) is 0.490. The highest BCUT2D eigenvalue weighted by molar-refractivity contribution is 7.60. The number of nitrogens with zero attached hydrogens (tertiary/aromatic N) is 6. The van der Waals surface area contributed by atoms with Crippen LogP contribution in [0.4, 0.5) is 4.79 Å². The third-order valence-corrected chi connectivity index (χ3v) is 14.3. The van der Waals surface area contributed by atoms with Crippen LogP contribution in [-0.4, -0.2) is 105 Å². The Morgan fingerprint density at radius 2 is 1.70 bits per heavy atom. The van der Waals surface area contributed by atoms with E-state index in [9.17, 15) is 19.2 Å². The van der Waals surface area contributed by atoms with Crippen LogP contribution in [0.3, 0.4) is 0 Å². The monoisotopic (exact) mass is 1090 g/mol. The van der Waals surface area contributed by atoms with Crippen LogP contribution < -0.4 is 10.7 Å². The Morgan fingerprint density at radius 3 is 2.39 bits per heavy atom. The number of pyridine rings is 1. The number of rotatable bonds is 9. The third kappa shape index (κ3) is 13.1. The van der Waals surface area contributed by atoms with Crippen molar-refractivity contribution < 1.29 is 28.7 Å². The minimum atomic E-state index is -1.05. The number of benzene rings is 2. The number of fused-ring (bicyclic) bond motifs is 6. The highest BCUT2D eigenvalue weighted by Crippen LogP contribution is 2.42. The number of aromatic nitrogens is 3. The van der Waals surface area contributed by atoms with Gasteiger partial charge in [-0.3, -0.25) is 24.4 Å². The molecule has 2 fully saturated rings. The van der Waals surface area contributed by atoms with Crippen molar-refractivity contribution in [2.45, 2.75) is 117 Å². The number of aryl methyl sites for hydroxylation is 1. The van der Waals surface area contributed by atoms with E-state index in [1.165, 1.54) is 21.2 Å². The standard InChI is InChI=1S/C51H64N8O6S.5H2S/c1-9-57-42-22-21-34-26-36(42)37(46(57)35-18-13-23-52-44(35)32(4)64-8)28-51(5,6)30-65-49(62)38-19-14-25-59(55-38)48(61)39(27-43-53-40(34)29-66-43)54-47(60)45(31(2)3)56(7)50(63)58-24-15-20-41(58)33-16-11-10-12-17-33;;;;;/h10-13,16-18,21-23,26,29,31-32,38-39,41,45,55H,9,14-15,19-20,24-25,27-28,30H2,1-8H3,(H,54,60);5*1H2/t32-,38-,39-,41-,45-;;;;;/m0...../s1. The molecule has 2 saturated heterocycles. The lowest BCUT2D eigenvalue weighted by Gasteiger charge is -2.37. The lowest BCUT2D eigenvalue weighted by Crippen LogP contribution is -2.62. The summed E-state index contributed by atoms with van der Waals surface area (Å²) in [4.78, 5) is 70.8. The van der Waals surface area contributed by atoms with Gasteiger partial charge in [0.05, 0.1) is 40.8 Å². The van der Waals surface area contributed by atoms with Gasteiger partial charge in [-0.2, -0.15) is 67.5 Å². The Morgan fingerprint density at radius 1 is 0.986 bits per heavy atom. The first kappa shape index (κ1) is 61.4. The Kier molecular flexibility index (Phi) is 22.8. The molecular formula is C51H74N8O6S6. The predicted molar refractivity (Wildman–Crippen MR) is 308 cm³/mol. The number of amides is 4. The molecule has 0 aliphatic carbocycles. The van der Waals surface area contributed by atoms with E-state index in [0.29, 0.717) is 43.9 Å². The van der Waals surface area contributed by atoms with Gasteiger partial charge in [0, 0.05) is 79.2 Å². The van der Waals surface area contributed by atoms with Crippen molar-refractivity contribution in [1.29, 1.82) is 0 Å². The smallest absolute Gasteiger partial charge is 0.324 e. The number of likely N-dealkylation sites (tertiary alicyclic amines) is 1. The number of ether oxygens (including phenoxy) is 2. The molecule has 2 aromatic carbocycles. The van der Waals surface area contributed by atoms with E-state index < -0.39 is 41.3 Å². The third-order valence-electron chi connectivity index (χ3n) is 13.5. The van der Waals surface area contributed by atoms with Crippen molar-refractivity contribution in [2.75, 3.05) is 33.9 Å². The predicted octanol–water partition coefficient (Wildman–Crippen LogP) is 8.68. The Bertz CT molecular complexity index is 2590. The summed E-state index contributed by atoms with van der Waals surface area (Å²) in [6, 6.07) is 17.5. The van der Waals surface area contributed by atoms with Gasteiger partial charge in [-0.15, -0.1) is 11.3 Å². The van der Waals surface area contributed by atoms with Crippen molar-refractivity contribution in [3.8, 4) is 22.5 Å². The van der Waals surface area contributed by atoms with E-state index in [-0.39, 0.29) is 105 Å². The number of likely N-dealkylation sites (N-methyl/N-ethyl adjacent to an activating group) is 1. The van der Waals surface area contributed by atoms with Gasteiger partial charge < -0.3 is 29.2 Å². The van der Waals surface area contributed by atoms with Crippen LogP contribution in [0.25, 0.3) is 33.4 Å². The number of carbonyl (C=O) groups is 4. The normalized spacial score (nSPS) is 19.6. The zero-order valence-corrected chi connectivity index (χ0v) is 47.8. The second kappa shape index (κ2) is 26.4. The number of nitrogens with one attached hydrogen (secondary N) is 2.